The molecule has 0 aromatic rings. The maximum absolute atomic E-state index is 12.3. The molecule has 1 aliphatic heterocycles. The van der Waals surface area contributed by atoms with E-state index in [-0.39, 0.29) is 26.2 Å². The number of morpholine rings is 1. The number of carbonyl (C=O) groups is 1. The Kier molecular flexibility index (Phi) is 5.72. The Morgan fingerprint density at radius 3 is 2.79 bits per heavy atom. The molecule has 7 nitrogen and oxygen atoms in total. The summed E-state index contributed by atoms with van der Waals surface area (Å²) < 4.78 is 30.9. The lowest BCUT2D eigenvalue weighted by atomic mass is 10.2. The highest BCUT2D eigenvalue weighted by Crippen LogP contribution is 2.18. The third-order valence-electron chi connectivity index (χ3n) is 2.93. The third kappa shape index (κ3) is 3.43. The molecule has 2 atom stereocenters. The average molecular weight is 289 g/mol. The van der Waals surface area contributed by atoms with Crippen LogP contribution in [0, 0.1) is 11.3 Å². The number of sulfonamides is 1. The number of amides is 1. The molecule has 19 heavy (non-hydrogen) atoms. The Bertz CT molecular complexity index is 457. The van der Waals surface area contributed by atoms with E-state index in [9.17, 15) is 13.2 Å². The number of hydrogen-bond acceptors (Lipinski definition) is 5. The first-order chi connectivity index (χ1) is 8.98. The van der Waals surface area contributed by atoms with Crippen molar-refractivity contribution in [2.24, 2.45) is 0 Å². The summed E-state index contributed by atoms with van der Waals surface area (Å²) in [6.07, 6.45) is 0.193. The Balaban J connectivity index is 3.00. The van der Waals surface area contributed by atoms with Crippen molar-refractivity contribution in [3.8, 4) is 6.07 Å². The fraction of sp³-hybridized carbons (Fsp3) is 0.818. The van der Waals surface area contributed by atoms with Gasteiger partial charge in [0.2, 0.25) is 15.9 Å². The molecule has 1 heterocycles. The zero-order valence-electron chi connectivity index (χ0n) is 11.1. The number of rotatable bonds is 5. The first kappa shape index (κ1) is 15.9. The Labute approximate surface area is 113 Å². The molecule has 8 heteroatoms. The van der Waals surface area contributed by atoms with Crippen LogP contribution in [-0.4, -0.2) is 56.2 Å². The van der Waals surface area contributed by atoms with Crippen molar-refractivity contribution >= 4 is 15.9 Å². The molecule has 0 radical (unpaired) electrons. The van der Waals surface area contributed by atoms with Gasteiger partial charge in [-0.05, 0) is 13.3 Å². The number of nitriles is 1. The predicted octanol–water partition coefficient (Wildman–Crippen LogP) is -0.545. The predicted molar refractivity (Wildman–Crippen MR) is 68.6 cm³/mol. The summed E-state index contributed by atoms with van der Waals surface area (Å²) in [7, 11) is -3.81. The van der Waals surface area contributed by atoms with E-state index in [0.29, 0.717) is 6.54 Å². The molecule has 0 aromatic carbocycles. The highest BCUT2D eigenvalue weighted by atomic mass is 32.2. The number of likely N-dealkylation sites (N-methyl/N-ethyl adjacent to an activating group) is 1. The second-order valence-electron chi connectivity index (χ2n) is 4.17. The van der Waals surface area contributed by atoms with Crippen molar-refractivity contribution in [2.75, 3.05) is 26.3 Å². The maximum atomic E-state index is 12.3. The summed E-state index contributed by atoms with van der Waals surface area (Å²) in [6, 6.07) is 0.891. The molecule has 2 unspecified atom stereocenters. The van der Waals surface area contributed by atoms with Crippen LogP contribution >= 0.6 is 0 Å². The Morgan fingerprint density at radius 1 is 1.58 bits per heavy atom. The van der Waals surface area contributed by atoms with Crippen LogP contribution in [-0.2, 0) is 19.6 Å². The monoisotopic (exact) mass is 289 g/mol. The molecule has 0 bridgehead atoms. The molecule has 1 rings (SSSR count). The van der Waals surface area contributed by atoms with Gasteiger partial charge in [0, 0.05) is 13.1 Å². The molecule has 0 saturated carbocycles. The number of hydrogen-bond donors (Lipinski definition) is 1. The lowest BCUT2D eigenvalue weighted by Crippen LogP contribution is -2.57. The molecule has 0 aliphatic carbocycles. The molecule has 1 N–H and O–H groups in total. The van der Waals surface area contributed by atoms with Crippen LogP contribution in [0.4, 0.5) is 0 Å². The minimum Gasteiger partial charge on any atom is -0.378 e. The third-order valence-corrected chi connectivity index (χ3v) is 5.18. The van der Waals surface area contributed by atoms with Crippen molar-refractivity contribution in [1.29, 1.82) is 5.26 Å². The minimum atomic E-state index is -3.81. The highest BCUT2D eigenvalue weighted by molar-refractivity contribution is 7.90. The normalized spacial score (nSPS) is 22.5. The summed E-state index contributed by atoms with van der Waals surface area (Å²) in [5.41, 5.74) is 0. The second-order valence-corrected chi connectivity index (χ2v) is 6.23. The van der Waals surface area contributed by atoms with Crippen molar-refractivity contribution in [3.63, 3.8) is 0 Å². The fourth-order valence-corrected chi connectivity index (χ4v) is 3.65. The van der Waals surface area contributed by atoms with Crippen LogP contribution in [0.2, 0.25) is 0 Å². The molecular weight excluding hydrogens is 270 g/mol. The van der Waals surface area contributed by atoms with E-state index in [2.05, 4.69) is 5.32 Å². The van der Waals surface area contributed by atoms with E-state index in [1.165, 1.54) is 0 Å². The van der Waals surface area contributed by atoms with E-state index >= 15 is 0 Å². The van der Waals surface area contributed by atoms with E-state index < -0.39 is 27.2 Å². The summed E-state index contributed by atoms with van der Waals surface area (Å²) in [6.45, 7) is 4.16. The molecule has 1 amide bonds. The number of nitrogens with one attached hydrogen (secondary N) is 1. The van der Waals surface area contributed by atoms with E-state index in [4.69, 9.17) is 10.00 Å². The van der Waals surface area contributed by atoms with Crippen LogP contribution in [0.3, 0.4) is 0 Å². The zero-order valence-corrected chi connectivity index (χ0v) is 11.9. The molecule has 1 fully saturated rings. The molecule has 1 saturated heterocycles. The maximum Gasteiger partial charge on any atom is 0.240 e. The van der Waals surface area contributed by atoms with Gasteiger partial charge in [0.15, 0.2) is 5.25 Å². The number of carbonyl (C=O) groups excluding carboxylic acids is 1. The zero-order chi connectivity index (χ0) is 14.5. The van der Waals surface area contributed by atoms with Crippen molar-refractivity contribution < 1.29 is 17.9 Å². The first-order valence-electron chi connectivity index (χ1n) is 6.24. The van der Waals surface area contributed by atoms with Gasteiger partial charge in [-0.3, -0.25) is 4.79 Å². The quantitative estimate of drug-likeness (QED) is 0.732. The van der Waals surface area contributed by atoms with Gasteiger partial charge in [-0.2, -0.15) is 9.57 Å². The molecule has 0 aromatic heterocycles. The average Bonchev–Trinajstić information content (AvgIpc) is 2.40. The van der Waals surface area contributed by atoms with Crippen LogP contribution in [0.15, 0.2) is 0 Å². The summed E-state index contributed by atoms with van der Waals surface area (Å²) in [5.74, 6) is -0.390. The second kappa shape index (κ2) is 6.84. The Morgan fingerprint density at radius 2 is 2.26 bits per heavy atom. The van der Waals surface area contributed by atoms with E-state index in [1.807, 2.05) is 0 Å². The summed E-state index contributed by atoms with van der Waals surface area (Å²) >= 11 is 0. The topological polar surface area (TPSA) is 99.5 Å². The van der Waals surface area contributed by atoms with Crippen LogP contribution in [0.1, 0.15) is 20.3 Å². The van der Waals surface area contributed by atoms with Gasteiger partial charge < -0.3 is 10.1 Å². The molecule has 1 aliphatic rings. The van der Waals surface area contributed by atoms with Gasteiger partial charge in [-0.25, -0.2) is 8.42 Å². The fourth-order valence-electron chi connectivity index (χ4n) is 1.92. The van der Waals surface area contributed by atoms with Gasteiger partial charge in [-0.1, -0.05) is 6.92 Å². The molecular formula is C11H19N3O4S. The summed E-state index contributed by atoms with van der Waals surface area (Å²) in [5, 5.41) is 10.4. The number of ether oxygens (including phenoxy) is 1. The van der Waals surface area contributed by atoms with Gasteiger partial charge in [0.05, 0.1) is 19.3 Å². The van der Waals surface area contributed by atoms with Gasteiger partial charge in [0.1, 0.15) is 6.04 Å². The first-order valence-corrected chi connectivity index (χ1v) is 7.75. The van der Waals surface area contributed by atoms with Crippen LogP contribution in [0.5, 0.6) is 0 Å². The van der Waals surface area contributed by atoms with Gasteiger partial charge >= 0.3 is 0 Å². The molecule has 108 valence electrons. The summed E-state index contributed by atoms with van der Waals surface area (Å²) in [4.78, 5) is 11.9. The minimum absolute atomic E-state index is 0.0208. The van der Waals surface area contributed by atoms with E-state index in [1.54, 1.807) is 19.9 Å². The highest BCUT2D eigenvalue weighted by Gasteiger charge is 2.40. The largest absolute Gasteiger partial charge is 0.378 e. The number of nitrogens with zero attached hydrogens (tertiary/aromatic N) is 2. The van der Waals surface area contributed by atoms with Gasteiger partial charge in [0.25, 0.3) is 0 Å². The smallest absolute Gasteiger partial charge is 0.240 e. The van der Waals surface area contributed by atoms with Gasteiger partial charge in [-0.15, -0.1) is 0 Å². The van der Waals surface area contributed by atoms with Crippen molar-refractivity contribution in [3.05, 3.63) is 0 Å². The molecule has 0 spiro atoms. The Hall–Kier alpha value is -1.17. The standard InChI is InChI=1S/C11H19N3O4S/c1-3-9(7-12)19(16,17)14-5-6-18-8-10(14)11(15)13-4-2/h9-10H,3-6,8H2,1-2H3,(H,13,15). The van der Waals surface area contributed by atoms with Crippen molar-refractivity contribution in [2.45, 2.75) is 31.6 Å². The van der Waals surface area contributed by atoms with Crippen LogP contribution in [0.25, 0.3) is 0 Å². The van der Waals surface area contributed by atoms with Crippen molar-refractivity contribution in [1.82, 2.24) is 9.62 Å². The van der Waals surface area contributed by atoms with E-state index in [0.717, 1.165) is 4.31 Å². The van der Waals surface area contributed by atoms with Crippen LogP contribution < -0.4 is 5.32 Å². The lowest BCUT2D eigenvalue weighted by molar-refractivity contribution is -0.129. The SMILES string of the molecule is CCNC(=O)C1COCCN1S(=O)(=O)C(C#N)CC. The lowest BCUT2D eigenvalue weighted by Gasteiger charge is -2.34.